The van der Waals surface area contributed by atoms with Gasteiger partial charge in [0, 0.05) is 12.1 Å². The van der Waals surface area contributed by atoms with E-state index in [1.54, 1.807) is 6.92 Å². The van der Waals surface area contributed by atoms with E-state index in [1.807, 2.05) is 63.2 Å². The van der Waals surface area contributed by atoms with E-state index in [4.69, 9.17) is 9.47 Å². The first-order chi connectivity index (χ1) is 11.5. The highest BCUT2D eigenvalue weighted by Crippen LogP contribution is 2.22. The molecule has 0 saturated carbocycles. The van der Waals surface area contributed by atoms with E-state index in [-0.39, 0.29) is 5.91 Å². The first kappa shape index (κ1) is 17.9. The van der Waals surface area contributed by atoms with Gasteiger partial charge in [-0.1, -0.05) is 30.3 Å². The van der Waals surface area contributed by atoms with Crippen LogP contribution in [0.1, 0.15) is 30.5 Å². The molecule has 1 N–H and O–H groups in total. The number of benzene rings is 2. The molecule has 1 amide bonds. The van der Waals surface area contributed by atoms with E-state index < -0.39 is 6.10 Å². The zero-order valence-electron chi connectivity index (χ0n) is 14.8. The molecule has 0 aliphatic heterocycles. The van der Waals surface area contributed by atoms with Crippen molar-refractivity contribution in [3.63, 3.8) is 0 Å². The van der Waals surface area contributed by atoms with E-state index in [1.165, 1.54) is 0 Å². The third-order valence-corrected chi connectivity index (χ3v) is 3.95. The van der Waals surface area contributed by atoms with Crippen LogP contribution in [0.25, 0.3) is 0 Å². The Balaban J connectivity index is 1.96. The Morgan fingerprint density at radius 2 is 1.79 bits per heavy atom. The first-order valence-electron chi connectivity index (χ1n) is 8.24. The van der Waals surface area contributed by atoms with Crippen molar-refractivity contribution < 1.29 is 14.3 Å². The van der Waals surface area contributed by atoms with Gasteiger partial charge in [-0.15, -0.1) is 0 Å². The van der Waals surface area contributed by atoms with Crippen molar-refractivity contribution in [2.75, 3.05) is 6.61 Å². The van der Waals surface area contributed by atoms with Crippen LogP contribution >= 0.6 is 0 Å². The molecule has 2 aromatic carbocycles. The second kappa shape index (κ2) is 8.39. The summed E-state index contributed by atoms with van der Waals surface area (Å²) in [6.07, 6.45) is -0.565. The molecule has 2 aromatic rings. The molecule has 2 rings (SSSR count). The number of amides is 1. The van der Waals surface area contributed by atoms with Gasteiger partial charge in [0.15, 0.2) is 6.10 Å². The summed E-state index contributed by atoms with van der Waals surface area (Å²) in [5.74, 6) is 1.39. The highest BCUT2D eigenvalue weighted by Gasteiger charge is 2.16. The van der Waals surface area contributed by atoms with E-state index in [0.717, 1.165) is 28.2 Å². The number of rotatable bonds is 7. The smallest absolute Gasteiger partial charge is 0.261 e. The predicted molar refractivity (Wildman–Crippen MR) is 95.5 cm³/mol. The molecule has 0 bridgehead atoms. The van der Waals surface area contributed by atoms with E-state index in [9.17, 15) is 4.79 Å². The lowest BCUT2D eigenvalue weighted by atomic mass is 10.1. The molecule has 0 unspecified atom stereocenters. The van der Waals surface area contributed by atoms with Crippen LogP contribution < -0.4 is 14.8 Å². The zero-order valence-corrected chi connectivity index (χ0v) is 14.8. The largest absolute Gasteiger partial charge is 0.494 e. The topological polar surface area (TPSA) is 47.6 Å². The van der Waals surface area contributed by atoms with Gasteiger partial charge in [0.1, 0.15) is 11.5 Å². The summed E-state index contributed by atoms with van der Waals surface area (Å²) >= 11 is 0. The molecule has 0 aliphatic carbocycles. The summed E-state index contributed by atoms with van der Waals surface area (Å²) in [5, 5.41) is 2.91. The molecule has 128 valence electrons. The Labute approximate surface area is 143 Å². The Kier molecular flexibility index (Phi) is 6.24. The van der Waals surface area contributed by atoms with E-state index in [2.05, 4.69) is 5.32 Å². The number of carbonyl (C=O) groups excluding carboxylic acids is 1. The first-order valence-corrected chi connectivity index (χ1v) is 8.24. The Hall–Kier alpha value is -2.49. The lowest BCUT2D eigenvalue weighted by molar-refractivity contribution is -0.127. The van der Waals surface area contributed by atoms with E-state index in [0.29, 0.717) is 13.2 Å². The number of hydrogen-bond donors (Lipinski definition) is 1. The minimum Gasteiger partial charge on any atom is -0.494 e. The fourth-order valence-corrected chi connectivity index (χ4v) is 2.37. The summed E-state index contributed by atoms with van der Waals surface area (Å²) < 4.78 is 11.4. The summed E-state index contributed by atoms with van der Waals surface area (Å²) in [7, 11) is 0. The average molecular weight is 327 g/mol. The normalized spacial score (nSPS) is 11.7. The van der Waals surface area contributed by atoms with Crippen LogP contribution in [0.2, 0.25) is 0 Å². The number of nitrogens with one attached hydrogen (secondary N) is 1. The van der Waals surface area contributed by atoms with Crippen LogP contribution in [0, 0.1) is 13.8 Å². The Bertz CT molecular complexity index is 697. The van der Waals surface area contributed by atoms with Gasteiger partial charge in [-0.3, -0.25) is 4.79 Å². The lowest BCUT2D eigenvalue weighted by Crippen LogP contribution is -2.36. The van der Waals surface area contributed by atoms with Crippen LogP contribution in [0.3, 0.4) is 0 Å². The van der Waals surface area contributed by atoms with Crippen molar-refractivity contribution in [3.8, 4) is 11.5 Å². The summed E-state index contributed by atoms with van der Waals surface area (Å²) in [4.78, 5) is 12.3. The van der Waals surface area contributed by atoms with Crippen molar-refractivity contribution in [3.05, 3.63) is 59.2 Å². The van der Waals surface area contributed by atoms with Gasteiger partial charge < -0.3 is 14.8 Å². The van der Waals surface area contributed by atoms with Crippen LogP contribution in [0.4, 0.5) is 0 Å². The Morgan fingerprint density at radius 1 is 1.08 bits per heavy atom. The maximum Gasteiger partial charge on any atom is 0.261 e. The molecule has 0 heterocycles. The minimum atomic E-state index is -0.565. The van der Waals surface area contributed by atoms with Crippen LogP contribution in [0.5, 0.6) is 11.5 Å². The average Bonchev–Trinajstić information content (AvgIpc) is 2.58. The zero-order chi connectivity index (χ0) is 17.5. The molecule has 0 fully saturated rings. The lowest BCUT2D eigenvalue weighted by Gasteiger charge is -2.17. The molecule has 0 radical (unpaired) electrons. The van der Waals surface area contributed by atoms with Gasteiger partial charge in [-0.2, -0.15) is 0 Å². The molecule has 0 spiro atoms. The van der Waals surface area contributed by atoms with Crippen LogP contribution in [-0.4, -0.2) is 18.6 Å². The van der Waals surface area contributed by atoms with Gasteiger partial charge in [0.2, 0.25) is 0 Å². The maximum atomic E-state index is 12.3. The van der Waals surface area contributed by atoms with Crippen molar-refractivity contribution in [1.82, 2.24) is 5.32 Å². The SMILES string of the molecule is CCOc1ccccc1CNC(=O)[C@H](C)Oc1cccc(C)c1C. The molecule has 24 heavy (non-hydrogen) atoms. The minimum absolute atomic E-state index is 0.151. The van der Waals surface area contributed by atoms with Gasteiger partial charge in [0.05, 0.1) is 6.61 Å². The molecule has 0 aromatic heterocycles. The van der Waals surface area contributed by atoms with Crippen molar-refractivity contribution in [2.24, 2.45) is 0 Å². The second-order valence-electron chi connectivity index (χ2n) is 5.72. The van der Waals surface area contributed by atoms with E-state index >= 15 is 0 Å². The second-order valence-corrected chi connectivity index (χ2v) is 5.72. The summed E-state index contributed by atoms with van der Waals surface area (Å²) in [5.41, 5.74) is 3.15. The number of aryl methyl sites for hydroxylation is 1. The van der Waals surface area contributed by atoms with Crippen LogP contribution in [-0.2, 0) is 11.3 Å². The third-order valence-electron chi connectivity index (χ3n) is 3.95. The number of carbonyl (C=O) groups is 1. The fourth-order valence-electron chi connectivity index (χ4n) is 2.37. The molecular formula is C20H25NO3. The number of hydrogen-bond acceptors (Lipinski definition) is 3. The van der Waals surface area contributed by atoms with Gasteiger partial charge in [-0.05, 0) is 51.0 Å². The van der Waals surface area contributed by atoms with Gasteiger partial charge in [0.25, 0.3) is 5.91 Å². The van der Waals surface area contributed by atoms with Crippen molar-refractivity contribution in [2.45, 2.75) is 40.3 Å². The standard InChI is InChI=1S/C20H25NO3/c1-5-23-19-11-7-6-10-17(19)13-21-20(22)16(4)24-18-12-8-9-14(2)15(18)3/h6-12,16H,5,13H2,1-4H3,(H,21,22)/t16-/m0/s1. The Morgan fingerprint density at radius 3 is 2.54 bits per heavy atom. The van der Waals surface area contributed by atoms with Crippen molar-refractivity contribution in [1.29, 1.82) is 0 Å². The maximum absolute atomic E-state index is 12.3. The highest BCUT2D eigenvalue weighted by atomic mass is 16.5. The molecule has 4 heteroatoms. The van der Waals surface area contributed by atoms with Gasteiger partial charge in [-0.25, -0.2) is 0 Å². The number of ether oxygens (including phenoxy) is 2. The fraction of sp³-hybridized carbons (Fsp3) is 0.350. The monoisotopic (exact) mass is 327 g/mol. The van der Waals surface area contributed by atoms with Crippen molar-refractivity contribution >= 4 is 5.91 Å². The molecule has 0 saturated heterocycles. The van der Waals surface area contributed by atoms with Gasteiger partial charge >= 0.3 is 0 Å². The van der Waals surface area contributed by atoms with Crippen LogP contribution in [0.15, 0.2) is 42.5 Å². The number of para-hydroxylation sites is 1. The third kappa shape index (κ3) is 4.51. The quantitative estimate of drug-likeness (QED) is 0.842. The molecular weight excluding hydrogens is 302 g/mol. The summed E-state index contributed by atoms with van der Waals surface area (Å²) in [6.45, 7) is 8.72. The highest BCUT2D eigenvalue weighted by molar-refractivity contribution is 5.80. The molecule has 1 atom stereocenters. The predicted octanol–water partition coefficient (Wildman–Crippen LogP) is 3.79. The molecule has 0 aliphatic rings. The summed E-state index contributed by atoms with van der Waals surface area (Å²) in [6, 6.07) is 13.5. The molecule has 4 nitrogen and oxygen atoms in total.